The zero-order valence-electron chi connectivity index (χ0n) is 14.6. The molecule has 0 unspecified atom stereocenters. The fourth-order valence-corrected chi connectivity index (χ4v) is 4.86. The predicted molar refractivity (Wildman–Crippen MR) is 110 cm³/mol. The molecule has 4 rings (SSSR count). The Bertz CT molecular complexity index is 1010. The lowest BCUT2D eigenvalue weighted by atomic mass is 9.73. The number of rotatable bonds is 2. The van der Waals surface area contributed by atoms with Crippen LogP contribution in [0.1, 0.15) is 35.6 Å². The van der Waals surface area contributed by atoms with Crippen LogP contribution in [0.15, 0.2) is 54.7 Å². The molecule has 4 nitrogen and oxygen atoms in total. The zero-order chi connectivity index (χ0) is 19.2. The third kappa shape index (κ3) is 2.49. The summed E-state index contributed by atoms with van der Waals surface area (Å²) in [6.45, 7) is 1.56. The Morgan fingerprint density at radius 3 is 2.41 bits per heavy atom. The lowest BCUT2D eigenvalue weighted by Gasteiger charge is -2.35. The summed E-state index contributed by atoms with van der Waals surface area (Å²) in [5.41, 5.74) is 1.43. The molecule has 27 heavy (non-hydrogen) atoms. The van der Waals surface area contributed by atoms with Crippen LogP contribution in [0.3, 0.4) is 0 Å². The molecule has 0 amide bonds. The van der Waals surface area contributed by atoms with Crippen molar-refractivity contribution >= 4 is 34.5 Å². The van der Waals surface area contributed by atoms with Gasteiger partial charge >= 0.3 is 0 Å². The fraction of sp³-hybridized carbons (Fsp3) is 0.227. The molecular formula is C22H16IN3O. The first-order chi connectivity index (χ1) is 13.0. The standard InChI is InChI=1S/C22H16IN3O/c1-14(27)19-20(16-6-8-17(23)9-7-16)22(12-24,13-25)26-11-10-15-4-2-3-5-18(15)21(19)26/h2-11,19-21H,1H3/t19-,20+,21-/m0/s1. The van der Waals surface area contributed by atoms with Gasteiger partial charge in [0, 0.05) is 15.7 Å². The third-order valence-electron chi connectivity index (χ3n) is 5.63. The van der Waals surface area contributed by atoms with E-state index < -0.39 is 17.4 Å². The smallest absolute Gasteiger partial charge is 0.222 e. The first-order valence-corrected chi connectivity index (χ1v) is 9.75. The van der Waals surface area contributed by atoms with Crippen LogP contribution < -0.4 is 0 Å². The number of ketones is 1. The van der Waals surface area contributed by atoms with E-state index in [0.717, 1.165) is 20.3 Å². The molecule has 2 heterocycles. The van der Waals surface area contributed by atoms with Crippen LogP contribution in [0.2, 0.25) is 0 Å². The Morgan fingerprint density at radius 2 is 1.78 bits per heavy atom. The highest BCUT2D eigenvalue weighted by molar-refractivity contribution is 14.1. The predicted octanol–water partition coefficient (Wildman–Crippen LogP) is 4.41. The second kappa shape index (κ2) is 6.51. The molecule has 0 aliphatic carbocycles. The lowest BCUT2D eigenvalue weighted by molar-refractivity contribution is -0.121. The molecule has 1 saturated heterocycles. The minimum absolute atomic E-state index is 0.00831. The molecule has 2 aliphatic rings. The summed E-state index contributed by atoms with van der Waals surface area (Å²) >= 11 is 2.22. The topological polar surface area (TPSA) is 67.9 Å². The molecule has 2 aromatic carbocycles. The van der Waals surface area contributed by atoms with Crippen LogP contribution in [-0.4, -0.2) is 16.2 Å². The van der Waals surface area contributed by atoms with Gasteiger partial charge in [0.1, 0.15) is 17.9 Å². The Kier molecular flexibility index (Phi) is 4.28. The molecular weight excluding hydrogens is 449 g/mol. The highest BCUT2D eigenvalue weighted by Gasteiger charge is 2.62. The van der Waals surface area contributed by atoms with E-state index in [1.165, 1.54) is 0 Å². The van der Waals surface area contributed by atoms with Crippen molar-refractivity contribution in [3.63, 3.8) is 0 Å². The number of halogens is 1. The SMILES string of the molecule is CC(=O)[C@H]1[C@@H](c2ccc(I)cc2)C(C#N)(C#N)N2C=Cc3ccccc3[C@@H]12. The molecule has 0 spiro atoms. The van der Waals surface area contributed by atoms with Crippen LogP contribution in [0, 0.1) is 32.2 Å². The van der Waals surface area contributed by atoms with Gasteiger partial charge in [0.25, 0.3) is 0 Å². The fourth-order valence-electron chi connectivity index (χ4n) is 4.50. The van der Waals surface area contributed by atoms with Crippen LogP contribution in [-0.2, 0) is 4.79 Å². The van der Waals surface area contributed by atoms with Crippen molar-refractivity contribution in [1.82, 2.24) is 4.90 Å². The zero-order valence-corrected chi connectivity index (χ0v) is 16.8. The van der Waals surface area contributed by atoms with Gasteiger partial charge in [-0.05, 0) is 64.4 Å². The third-order valence-corrected chi connectivity index (χ3v) is 6.34. The van der Waals surface area contributed by atoms with Gasteiger partial charge in [-0.1, -0.05) is 36.4 Å². The van der Waals surface area contributed by atoms with Crippen LogP contribution in [0.25, 0.3) is 6.08 Å². The van der Waals surface area contributed by atoms with Crippen LogP contribution in [0.4, 0.5) is 0 Å². The Morgan fingerprint density at radius 1 is 1.11 bits per heavy atom. The molecule has 5 heteroatoms. The number of benzene rings is 2. The van der Waals surface area contributed by atoms with Crippen molar-refractivity contribution in [3.8, 4) is 12.1 Å². The van der Waals surface area contributed by atoms with Crippen molar-refractivity contribution < 1.29 is 4.79 Å². The number of nitriles is 2. The van der Waals surface area contributed by atoms with E-state index >= 15 is 0 Å². The average molecular weight is 465 g/mol. The number of nitrogens with zero attached hydrogens (tertiary/aromatic N) is 3. The van der Waals surface area contributed by atoms with Gasteiger partial charge in [-0.3, -0.25) is 4.79 Å². The second-order valence-electron chi connectivity index (χ2n) is 6.95. The maximum atomic E-state index is 12.8. The van der Waals surface area contributed by atoms with E-state index in [1.54, 1.807) is 11.8 Å². The highest BCUT2D eigenvalue weighted by atomic mass is 127. The molecule has 2 aliphatic heterocycles. The van der Waals surface area contributed by atoms with E-state index in [1.807, 2.05) is 60.8 Å². The Hall–Kier alpha value is -2.64. The highest BCUT2D eigenvalue weighted by Crippen LogP contribution is 2.57. The Balaban J connectivity index is 1.99. The summed E-state index contributed by atoms with van der Waals surface area (Å²) in [5.74, 6) is -1.01. The number of hydrogen-bond donors (Lipinski definition) is 0. The van der Waals surface area contributed by atoms with E-state index in [9.17, 15) is 15.3 Å². The second-order valence-corrected chi connectivity index (χ2v) is 8.20. The van der Waals surface area contributed by atoms with Gasteiger partial charge in [0.15, 0.2) is 0 Å². The normalized spacial score (nSPS) is 24.4. The molecule has 0 saturated carbocycles. The monoisotopic (exact) mass is 465 g/mol. The Labute approximate surface area is 171 Å². The lowest BCUT2D eigenvalue weighted by Crippen LogP contribution is -2.43. The van der Waals surface area contributed by atoms with Gasteiger partial charge in [-0.2, -0.15) is 10.5 Å². The summed E-state index contributed by atoms with van der Waals surface area (Å²) in [4.78, 5) is 14.6. The number of fused-ring (bicyclic) bond motifs is 3. The van der Waals surface area contributed by atoms with Crippen molar-refractivity contribution in [3.05, 3.63) is 75.0 Å². The van der Waals surface area contributed by atoms with E-state index in [4.69, 9.17) is 0 Å². The average Bonchev–Trinajstić information content (AvgIpc) is 3.00. The maximum absolute atomic E-state index is 12.8. The molecule has 1 fully saturated rings. The maximum Gasteiger partial charge on any atom is 0.222 e. The number of carbonyl (C=O) groups is 1. The number of Topliss-reactive ketones (excluding diaryl/α,β-unsaturated/α-hetero) is 1. The minimum Gasteiger partial charge on any atom is -0.340 e. The quantitative estimate of drug-likeness (QED) is 0.617. The van der Waals surface area contributed by atoms with E-state index in [-0.39, 0.29) is 11.8 Å². The summed E-state index contributed by atoms with van der Waals surface area (Å²) < 4.78 is 1.07. The first kappa shape index (κ1) is 17.8. The largest absolute Gasteiger partial charge is 0.340 e. The van der Waals surface area contributed by atoms with Crippen LogP contribution >= 0.6 is 22.6 Å². The van der Waals surface area contributed by atoms with Gasteiger partial charge in [0.2, 0.25) is 5.54 Å². The first-order valence-electron chi connectivity index (χ1n) is 8.67. The van der Waals surface area contributed by atoms with Crippen molar-refractivity contribution in [2.75, 3.05) is 0 Å². The molecule has 2 aromatic rings. The van der Waals surface area contributed by atoms with Crippen molar-refractivity contribution in [2.24, 2.45) is 5.92 Å². The minimum atomic E-state index is -1.43. The summed E-state index contributed by atoms with van der Waals surface area (Å²) in [7, 11) is 0. The van der Waals surface area contributed by atoms with E-state index in [2.05, 4.69) is 34.7 Å². The summed E-state index contributed by atoms with van der Waals surface area (Å²) in [5, 5.41) is 20.3. The van der Waals surface area contributed by atoms with Crippen molar-refractivity contribution in [2.45, 2.75) is 24.4 Å². The molecule has 0 N–H and O–H groups in total. The van der Waals surface area contributed by atoms with Crippen molar-refractivity contribution in [1.29, 1.82) is 10.5 Å². The van der Waals surface area contributed by atoms with E-state index in [0.29, 0.717) is 0 Å². The summed E-state index contributed by atoms with van der Waals surface area (Å²) in [6.07, 6.45) is 3.73. The van der Waals surface area contributed by atoms with Gasteiger partial charge in [-0.15, -0.1) is 0 Å². The molecule has 0 aromatic heterocycles. The number of carbonyl (C=O) groups excluding carboxylic acids is 1. The summed E-state index contributed by atoms with van der Waals surface area (Å²) in [6, 6.07) is 19.8. The molecule has 0 bridgehead atoms. The number of hydrogen-bond acceptors (Lipinski definition) is 4. The molecule has 3 atom stereocenters. The molecule has 132 valence electrons. The van der Waals surface area contributed by atoms with Crippen LogP contribution in [0.5, 0.6) is 0 Å². The van der Waals surface area contributed by atoms with Gasteiger partial charge < -0.3 is 4.90 Å². The van der Waals surface area contributed by atoms with Gasteiger partial charge in [0.05, 0.1) is 12.0 Å². The molecule has 0 radical (unpaired) electrons. The van der Waals surface area contributed by atoms with Gasteiger partial charge in [-0.25, -0.2) is 0 Å².